The number of carbonyl (C=O) groups excluding carboxylic acids is 1. The van der Waals surface area contributed by atoms with Crippen LogP contribution in [0.1, 0.15) is 24.4 Å². The van der Waals surface area contributed by atoms with E-state index in [-0.39, 0.29) is 24.2 Å². The van der Waals surface area contributed by atoms with Gasteiger partial charge in [0.2, 0.25) is 5.91 Å². The Labute approximate surface area is 162 Å². The number of ether oxygens (including phenoxy) is 2. The number of fused-ring (bicyclic) bond motifs is 1. The van der Waals surface area contributed by atoms with E-state index in [1.165, 1.54) is 12.1 Å². The third-order valence-corrected chi connectivity index (χ3v) is 5.10. The number of carbonyl (C=O) groups is 1. The van der Waals surface area contributed by atoms with Crippen LogP contribution in [0.2, 0.25) is 5.02 Å². The second-order valence-corrected chi connectivity index (χ2v) is 7.14. The number of halogens is 2. The van der Waals surface area contributed by atoms with Crippen molar-refractivity contribution in [3.63, 3.8) is 0 Å². The van der Waals surface area contributed by atoms with Crippen molar-refractivity contribution in [2.75, 3.05) is 31.6 Å². The zero-order chi connectivity index (χ0) is 18.8. The number of nitrogens with zero attached hydrogens (tertiary/aromatic N) is 1. The number of rotatable bonds is 4. The first-order valence-corrected chi connectivity index (χ1v) is 9.36. The normalized spacial score (nSPS) is 19.1. The Morgan fingerprint density at radius 1 is 1.19 bits per heavy atom. The molecular formula is C20H20ClFN2O3. The standard InChI is InChI=1S/C20H20ClFN2O3/c21-14-4-5-16(15(22)11-14)23-20(25)12-24-7-1-2-17(24)13-3-6-18-19(10-13)27-9-8-26-18/h3-6,10-11,17H,1-2,7-9,12H2,(H,23,25)/t17-/m1/s1. The summed E-state index contributed by atoms with van der Waals surface area (Å²) in [5, 5.41) is 2.92. The number of anilines is 1. The Kier molecular flexibility index (Phi) is 5.18. The number of likely N-dealkylation sites (tertiary alicyclic amines) is 1. The van der Waals surface area contributed by atoms with E-state index in [1.807, 2.05) is 18.2 Å². The molecule has 5 nitrogen and oxygen atoms in total. The highest BCUT2D eigenvalue weighted by Crippen LogP contribution is 2.37. The Bertz CT molecular complexity index is 861. The molecule has 142 valence electrons. The monoisotopic (exact) mass is 390 g/mol. The van der Waals surface area contributed by atoms with E-state index in [2.05, 4.69) is 10.2 Å². The van der Waals surface area contributed by atoms with E-state index in [0.29, 0.717) is 18.2 Å². The van der Waals surface area contributed by atoms with Gasteiger partial charge in [-0.2, -0.15) is 0 Å². The Morgan fingerprint density at radius 3 is 2.81 bits per heavy atom. The van der Waals surface area contributed by atoms with Crippen molar-refractivity contribution in [3.05, 3.63) is 52.8 Å². The van der Waals surface area contributed by atoms with Crippen LogP contribution in [0.3, 0.4) is 0 Å². The molecule has 0 saturated carbocycles. The molecule has 1 amide bonds. The summed E-state index contributed by atoms with van der Waals surface area (Å²) in [5.74, 6) is 0.713. The van der Waals surface area contributed by atoms with Crippen LogP contribution in [0, 0.1) is 5.82 Å². The van der Waals surface area contributed by atoms with Gasteiger partial charge in [-0.1, -0.05) is 17.7 Å². The lowest BCUT2D eigenvalue weighted by molar-refractivity contribution is -0.117. The third-order valence-electron chi connectivity index (χ3n) is 4.87. The smallest absolute Gasteiger partial charge is 0.238 e. The van der Waals surface area contributed by atoms with Gasteiger partial charge in [-0.05, 0) is 55.3 Å². The van der Waals surface area contributed by atoms with E-state index >= 15 is 0 Å². The minimum absolute atomic E-state index is 0.127. The molecule has 2 aromatic rings. The second kappa shape index (κ2) is 7.74. The van der Waals surface area contributed by atoms with Gasteiger partial charge in [0.05, 0.1) is 12.2 Å². The van der Waals surface area contributed by atoms with E-state index < -0.39 is 5.82 Å². The molecule has 1 N–H and O–H groups in total. The molecule has 2 heterocycles. The maximum atomic E-state index is 13.9. The molecule has 2 aromatic carbocycles. The number of nitrogens with one attached hydrogen (secondary N) is 1. The Balaban J connectivity index is 1.44. The third kappa shape index (κ3) is 4.01. The van der Waals surface area contributed by atoms with Crippen molar-refractivity contribution in [1.29, 1.82) is 0 Å². The first-order valence-electron chi connectivity index (χ1n) is 8.98. The van der Waals surface area contributed by atoms with Crippen LogP contribution in [0.25, 0.3) is 0 Å². The summed E-state index contributed by atoms with van der Waals surface area (Å²) >= 11 is 5.75. The van der Waals surface area contributed by atoms with Crippen molar-refractivity contribution in [2.24, 2.45) is 0 Å². The fourth-order valence-electron chi connectivity index (χ4n) is 3.63. The highest BCUT2D eigenvalue weighted by molar-refractivity contribution is 6.30. The summed E-state index contributed by atoms with van der Waals surface area (Å²) in [5.41, 5.74) is 1.24. The highest BCUT2D eigenvalue weighted by Gasteiger charge is 2.29. The Hall–Kier alpha value is -2.31. The average molecular weight is 391 g/mol. The van der Waals surface area contributed by atoms with Crippen molar-refractivity contribution < 1.29 is 18.7 Å². The molecule has 0 spiro atoms. The summed E-state index contributed by atoms with van der Waals surface area (Å²) in [6.07, 6.45) is 1.96. The topological polar surface area (TPSA) is 50.8 Å². The van der Waals surface area contributed by atoms with E-state index in [4.69, 9.17) is 21.1 Å². The maximum absolute atomic E-state index is 13.9. The SMILES string of the molecule is O=C(CN1CCC[C@@H]1c1ccc2c(c1)OCCO2)Nc1ccc(Cl)cc1F. The van der Waals surface area contributed by atoms with Crippen molar-refractivity contribution in [3.8, 4) is 11.5 Å². The van der Waals surface area contributed by atoms with E-state index in [0.717, 1.165) is 36.4 Å². The molecular weight excluding hydrogens is 371 g/mol. The van der Waals surface area contributed by atoms with Crippen molar-refractivity contribution >= 4 is 23.2 Å². The molecule has 0 aromatic heterocycles. The van der Waals surface area contributed by atoms with E-state index in [1.54, 1.807) is 6.07 Å². The van der Waals surface area contributed by atoms with Gasteiger partial charge in [0.15, 0.2) is 11.5 Å². The fraction of sp³-hybridized carbons (Fsp3) is 0.350. The lowest BCUT2D eigenvalue weighted by atomic mass is 10.0. The van der Waals surface area contributed by atoms with Crippen LogP contribution in [0.5, 0.6) is 11.5 Å². The zero-order valence-corrected chi connectivity index (χ0v) is 15.5. The average Bonchev–Trinajstić information content (AvgIpc) is 3.11. The van der Waals surface area contributed by atoms with Gasteiger partial charge in [0.25, 0.3) is 0 Å². The molecule has 0 bridgehead atoms. The van der Waals surface area contributed by atoms with E-state index in [9.17, 15) is 9.18 Å². The summed E-state index contributed by atoms with van der Waals surface area (Å²) < 4.78 is 25.1. The summed E-state index contributed by atoms with van der Waals surface area (Å²) in [6.45, 7) is 2.11. The predicted molar refractivity (Wildman–Crippen MR) is 101 cm³/mol. The molecule has 2 aliphatic rings. The van der Waals surface area contributed by atoms with Crippen LogP contribution in [-0.2, 0) is 4.79 Å². The molecule has 0 aliphatic carbocycles. The zero-order valence-electron chi connectivity index (χ0n) is 14.7. The van der Waals surface area contributed by atoms with Crippen molar-refractivity contribution in [1.82, 2.24) is 4.90 Å². The molecule has 0 radical (unpaired) electrons. The molecule has 1 fully saturated rings. The minimum Gasteiger partial charge on any atom is -0.486 e. The molecule has 27 heavy (non-hydrogen) atoms. The van der Waals surface area contributed by atoms with Crippen molar-refractivity contribution in [2.45, 2.75) is 18.9 Å². The fourth-order valence-corrected chi connectivity index (χ4v) is 3.78. The van der Waals surface area contributed by atoms with Crippen LogP contribution in [0.15, 0.2) is 36.4 Å². The molecule has 1 saturated heterocycles. The summed E-state index contributed by atoms with van der Waals surface area (Å²) in [6, 6.07) is 10.3. The first kappa shape index (κ1) is 18.1. The number of benzene rings is 2. The summed E-state index contributed by atoms with van der Waals surface area (Å²) in [4.78, 5) is 14.5. The second-order valence-electron chi connectivity index (χ2n) is 6.70. The van der Waals surface area contributed by atoms with Gasteiger partial charge < -0.3 is 14.8 Å². The number of hydrogen-bond acceptors (Lipinski definition) is 4. The molecule has 1 atom stereocenters. The van der Waals surface area contributed by atoms with Gasteiger partial charge in [-0.15, -0.1) is 0 Å². The van der Waals surface area contributed by atoms with Crippen LogP contribution in [0.4, 0.5) is 10.1 Å². The molecule has 0 unspecified atom stereocenters. The highest BCUT2D eigenvalue weighted by atomic mass is 35.5. The van der Waals surface area contributed by atoms with Crippen LogP contribution < -0.4 is 14.8 Å². The van der Waals surface area contributed by atoms with Gasteiger partial charge in [0, 0.05) is 11.1 Å². The summed E-state index contributed by atoms with van der Waals surface area (Å²) in [7, 11) is 0. The van der Waals surface area contributed by atoms with Crippen LogP contribution >= 0.6 is 11.6 Å². The number of amides is 1. The quantitative estimate of drug-likeness (QED) is 0.856. The predicted octanol–water partition coefficient (Wildman–Crippen LogP) is 4.03. The first-order chi connectivity index (χ1) is 13.1. The van der Waals surface area contributed by atoms with Gasteiger partial charge in [-0.3, -0.25) is 9.69 Å². The number of hydrogen-bond donors (Lipinski definition) is 1. The van der Waals surface area contributed by atoms with Gasteiger partial charge in [-0.25, -0.2) is 4.39 Å². The van der Waals surface area contributed by atoms with Crippen LogP contribution in [-0.4, -0.2) is 37.1 Å². The lowest BCUT2D eigenvalue weighted by Gasteiger charge is -2.26. The molecule has 7 heteroatoms. The van der Waals surface area contributed by atoms with Gasteiger partial charge in [0.1, 0.15) is 19.0 Å². The van der Waals surface area contributed by atoms with Gasteiger partial charge >= 0.3 is 0 Å². The largest absolute Gasteiger partial charge is 0.486 e. The lowest BCUT2D eigenvalue weighted by Crippen LogP contribution is -2.33. The minimum atomic E-state index is -0.541. The molecule has 2 aliphatic heterocycles. The maximum Gasteiger partial charge on any atom is 0.238 e. The Morgan fingerprint density at radius 2 is 2.00 bits per heavy atom. The molecule has 4 rings (SSSR count).